The second kappa shape index (κ2) is 6.00. The molecule has 1 amide bonds. The van der Waals surface area contributed by atoms with Gasteiger partial charge in [-0.25, -0.2) is 4.52 Å². The molecule has 4 N–H and O–H groups in total. The Bertz CT molecular complexity index is 636. The van der Waals surface area contributed by atoms with Crippen LogP contribution in [0.3, 0.4) is 0 Å². The van der Waals surface area contributed by atoms with Gasteiger partial charge in [0.2, 0.25) is 0 Å². The van der Waals surface area contributed by atoms with Crippen LogP contribution in [0.25, 0.3) is 5.52 Å². The summed E-state index contributed by atoms with van der Waals surface area (Å²) in [6.45, 7) is 1.91. The van der Waals surface area contributed by atoms with Gasteiger partial charge in [-0.2, -0.15) is 5.10 Å². The standard InChI is InChI=1S/C12H16N6O2/c1-2-8(5-11(13)17-20)16-12(19)9-6-15-18-4-3-14-7-10(9)18/h3-4,6-8,20H,2,5H2,1H3,(H2,13,17)(H,16,19). The van der Waals surface area contributed by atoms with Crippen LogP contribution in [-0.4, -0.2) is 37.6 Å². The van der Waals surface area contributed by atoms with E-state index in [0.29, 0.717) is 17.5 Å². The average Bonchev–Trinajstić information content (AvgIpc) is 2.90. The maximum Gasteiger partial charge on any atom is 0.255 e. The van der Waals surface area contributed by atoms with Crippen LogP contribution in [0.1, 0.15) is 30.1 Å². The van der Waals surface area contributed by atoms with Crippen molar-refractivity contribution in [3.8, 4) is 0 Å². The SMILES string of the molecule is CCC(C/C(N)=N/O)NC(=O)c1cnn2ccncc12. The van der Waals surface area contributed by atoms with Crippen molar-refractivity contribution < 1.29 is 10.0 Å². The van der Waals surface area contributed by atoms with Gasteiger partial charge in [-0.05, 0) is 6.42 Å². The van der Waals surface area contributed by atoms with Crippen molar-refractivity contribution in [1.82, 2.24) is 19.9 Å². The Kier molecular flexibility index (Phi) is 4.14. The van der Waals surface area contributed by atoms with Gasteiger partial charge in [0, 0.05) is 24.9 Å². The third kappa shape index (κ3) is 2.85. The highest BCUT2D eigenvalue weighted by atomic mass is 16.4. The van der Waals surface area contributed by atoms with Crippen LogP contribution in [0, 0.1) is 0 Å². The number of aromatic nitrogens is 3. The van der Waals surface area contributed by atoms with Crippen molar-refractivity contribution in [3.05, 3.63) is 30.4 Å². The predicted octanol–water partition coefficient (Wildman–Crippen LogP) is 0.374. The molecule has 1 unspecified atom stereocenters. The van der Waals surface area contributed by atoms with E-state index in [1.54, 1.807) is 23.1 Å². The molecule has 0 fully saturated rings. The first-order valence-electron chi connectivity index (χ1n) is 6.20. The lowest BCUT2D eigenvalue weighted by molar-refractivity contribution is 0.0938. The van der Waals surface area contributed by atoms with Crippen molar-refractivity contribution in [2.75, 3.05) is 0 Å². The highest BCUT2D eigenvalue weighted by Gasteiger charge is 2.17. The molecule has 8 heteroatoms. The minimum absolute atomic E-state index is 0.0821. The number of fused-ring (bicyclic) bond motifs is 1. The monoisotopic (exact) mass is 276 g/mol. The molecule has 2 rings (SSSR count). The minimum atomic E-state index is -0.259. The Morgan fingerprint density at radius 2 is 2.40 bits per heavy atom. The zero-order valence-electron chi connectivity index (χ0n) is 11.0. The number of nitrogens with one attached hydrogen (secondary N) is 1. The summed E-state index contributed by atoms with van der Waals surface area (Å²) in [7, 11) is 0. The number of amidine groups is 1. The fourth-order valence-corrected chi connectivity index (χ4v) is 1.86. The summed E-state index contributed by atoms with van der Waals surface area (Å²) in [5.41, 5.74) is 6.53. The maximum absolute atomic E-state index is 12.2. The lowest BCUT2D eigenvalue weighted by Crippen LogP contribution is -2.37. The van der Waals surface area contributed by atoms with Gasteiger partial charge in [-0.3, -0.25) is 9.78 Å². The summed E-state index contributed by atoms with van der Waals surface area (Å²) < 4.78 is 1.58. The van der Waals surface area contributed by atoms with E-state index in [1.807, 2.05) is 6.92 Å². The first-order valence-corrected chi connectivity index (χ1v) is 6.20. The van der Waals surface area contributed by atoms with Gasteiger partial charge in [0.1, 0.15) is 5.84 Å². The summed E-state index contributed by atoms with van der Waals surface area (Å²) in [5.74, 6) is -0.177. The lowest BCUT2D eigenvalue weighted by Gasteiger charge is -2.15. The molecule has 1 atom stereocenters. The number of amides is 1. The smallest absolute Gasteiger partial charge is 0.255 e. The van der Waals surface area contributed by atoms with Gasteiger partial charge < -0.3 is 16.3 Å². The number of carbonyl (C=O) groups is 1. The van der Waals surface area contributed by atoms with E-state index in [0.717, 1.165) is 0 Å². The van der Waals surface area contributed by atoms with E-state index in [4.69, 9.17) is 10.9 Å². The molecule has 106 valence electrons. The maximum atomic E-state index is 12.2. The van der Waals surface area contributed by atoms with E-state index >= 15 is 0 Å². The van der Waals surface area contributed by atoms with Gasteiger partial charge in [-0.15, -0.1) is 0 Å². The normalized spacial score (nSPS) is 13.3. The quantitative estimate of drug-likeness (QED) is 0.316. The Balaban J connectivity index is 2.15. The number of hydrogen-bond acceptors (Lipinski definition) is 5. The Hall–Kier alpha value is -2.64. The summed E-state index contributed by atoms with van der Waals surface area (Å²) >= 11 is 0. The number of rotatable bonds is 5. The van der Waals surface area contributed by atoms with Crippen LogP contribution < -0.4 is 11.1 Å². The molecule has 8 nitrogen and oxygen atoms in total. The third-order valence-corrected chi connectivity index (χ3v) is 2.98. The zero-order valence-corrected chi connectivity index (χ0v) is 11.0. The van der Waals surface area contributed by atoms with E-state index in [2.05, 4.69) is 20.6 Å². The zero-order chi connectivity index (χ0) is 14.5. The van der Waals surface area contributed by atoms with Crippen LogP contribution in [0.15, 0.2) is 29.9 Å². The summed E-state index contributed by atoms with van der Waals surface area (Å²) in [6.07, 6.45) is 7.28. The number of hydrogen-bond donors (Lipinski definition) is 3. The highest BCUT2D eigenvalue weighted by molar-refractivity contribution is 6.00. The molecule has 0 bridgehead atoms. The molecular formula is C12H16N6O2. The molecule has 2 aromatic rings. The predicted molar refractivity (Wildman–Crippen MR) is 72.6 cm³/mol. The van der Waals surface area contributed by atoms with Crippen molar-refractivity contribution in [2.24, 2.45) is 10.9 Å². The number of nitrogens with zero attached hydrogens (tertiary/aromatic N) is 4. The van der Waals surface area contributed by atoms with Crippen molar-refractivity contribution in [2.45, 2.75) is 25.8 Å². The van der Waals surface area contributed by atoms with Gasteiger partial charge in [-0.1, -0.05) is 12.1 Å². The minimum Gasteiger partial charge on any atom is -0.409 e. The first kappa shape index (κ1) is 13.8. The first-order chi connectivity index (χ1) is 9.65. The summed E-state index contributed by atoms with van der Waals surface area (Å²) in [4.78, 5) is 16.2. The molecular weight excluding hydrogens is 260 g/mol. The van der Waals surface area contributed by atoms with Gasteiger partial charge in [0.15, 0.2) is 0 Å². The molecule has 0 saturated heterocycles. The summed E-state index contributed by atoms with van der Waals surface area (Å²) in [5, 5.41) is 18.4. The summed E-state index contributed by atoms with van der Waals surface area (Å²) in [6, 6.07) is -0.204. The largest absolute Gasteiger partial charge is 0.409 e. The van der Waals surface area contributed by atoms with Gasteiger partial charge in [0.05, 0.1) is 23.5 Å². The van der Waals surface area contributed by atoms with Gasteiger partial charge >= 0.3 is 0 Å². The van der Waals surface area contributed by atoms with Crippen molar-refractivity contribution in [1.29, 1.82) is 0 Å². The van der Waals surface area contributed by atoms with Gasteiger partial charge in [0.25, 0.3) is 5.91 Å². The molecule has 2 heterocycles. The molecule has 2 aromatic heterocycles. The molecule has 0 aromatic carbocycles. The fraction of sp³-hybridized carbons (Fsp3) is 0.333. The van der Waals surface area contributed by atoms with Crippen LogP contribution >= 0.6 is 0 Å². The van der Waals surface area contributed by atoms with Crippen LogP contribution in [0.4, 0.5) is 0 Å². The fourth-order valence-electron chi connectivity index (χ4n) is 1.86. The Morgan fingerprint density at radius 1 is 1.60 bits per heavy atom. The average molecular weight is 276 g/mol. The van der Waals surface area contributed by atoms with Crippen LogP contribution in [0.2, 0.25) is 0 Å². The molecule has 0 spiro atoms. The van der Waals surface area contributed by atoms with E-state index in [-0.39, 0.29) is 24.2 Å². The van der Waals surface area contributed by atoms with Crippen molar-refractivity contribution >= 4 is 17.3 Å². The molecule has 0 aliphatic rings. The van der Waals surface area contributed by atoms with E-state index < -0.39 is 0 Å². The van der Waals surface area contributed by atoms with Crippen LogP contribution in [0.5, 0.6) is 0 Å². The lowest BCUT2D eigenvalue weighted by atomic mass is 10.1. The number of nitrogens with two attached hydrogens (primary N) is 1. The molecule has 0 aliphatic heterocycles. The Morgan fingerprint density at radius 3 is 3.10 bits per heavy atom. The highest BCUT2D eigenvalue weighted by Crippen LogP contribution is 2.09. The van der Waals surface area contributed by atoms with E-state index in [9.17, 15) is 4.79 Å². The topological polar surface area (TPSA) is 118 Å². The van der Waals surface area contributed by atoms with Crippen LogP contribution in [-0.2, 0) is 0 Å². The molecule has 0 radical (unpaired) electrons. The molecule has 0 saturated carbocycles. The third-order valence-electron chi connectivity index (χ3n) is 2.98. The molecule has 20 heavy (non-hydrogen) atoms. The number of oxime groups is 1. The second-order valence-corrected chi connectivity index (χ2v) is 4.34. The Labute approximate surface area is 115 Å². The van der Waals surface area contributed by atoms with Crippen molar-refractivity contribution in [3.63, 3.8) is 0 Å². The van der Waals surface area contributed by atoms with E-state index in [1.165, 1.54) is 6.20 Å². The second-order valence-electron chi connectivity index (χ2n) is 4.34. The molecule has 0 aliphatic carbocycles. The number of carbonyl (C=O) groups excluding carboxylic acids is 1.